The molecule has 0 radical (unpaired) electrons. The average Bonchev–Trinajstić information content (AvgIpc) is 1.46. The van der Waals surface area contributed by atoms with Crippen LogP contribution >= 0.6 is 8.34 Å². The third-order valence-corrected chi connectivity index (χ3v) is 0. The first kappa shape index (κ1) is 8.97. The van der Waals surface area contributed by atoms with E-state index in [0.717, 1.165) is 0 Å². The fourth-order valence-corrected chi connectivity index (χ4v) is 0. The summed E-state index contributed by atoms with van der Waals surface area (Å²) in [7, 11) is -1.42. The molecule has 0 bridgehead atoms. The van der Waals surface area contributed by atoms with E-state index < -0.39 is 8.34 Å². The average molecular weight is 144 g/mol. The second-order valence-corrected chi connectivity index (χ2v) is 0.250. The standard InChI is InChI=1S/Cu.HO2P.O/c;1-3-2;/h;3H;. The van der Waals surface area contributed by atoms with Crippen molar-refractivity contribution >= 4 is 8.34 Å². The third kappa shape index (κ3) is 431. The molecule has 0 fully saturated rings. The first-order valence-corrected chi connectivity index (χ1v) is 1.73. The van der Waals surface area contributed by atoms with Gasteiger partial charge in [-0.05, 0) is 0 Å². The molecule has 0 aliphatic carbocycles. The van der Waals surface area contributed by atoms with Gasteiger partial charge in [0, 0.05) is 0 Å². The first-order valence-electron chi connectivity index (χ1n) is 0.531. The van der Waals surface area contributed by atoms with E-state index >= 15 is 0 Å². The van der Waals surface area contributed by atoms with E-state index in [1.165, 1.54) is 0 Å². The van der Waals surface area contributed by atoms with Crippen LogP contribution in [0.5, 0.6) is 0 Å². The van der Waals surface area contributed by atoms with E-state index in [0.29, 0.717) is 0 Å². The van der Waals surface area contributed by atoms with Crippen molar-refractivity contribution in [2.24, 2.45) is 0 Å². The van der Waals surface area contributed by atoms with Crippen LogP contribution in [0.4, 0.5) is 0 Å². The fourth-order valence-electron chi connectivity index (χ4n) is 0. The predicted octanol–water partition coefficient (Wildman–Crippen LogP) is 0.235. The molecule has 0 N–H and O–H groups in total. The molecule has 0 aromatic rings. The van der Waals surface area contributed by atoms with Crippen LogP contribution in [0.1, 0.15) is 0 Å². The van der Waals surface area contributed by atoms with Crippen LogP contribution in [0.15, 0.2) is 0 Å². The van der Waals surface area contributed by atoms with Gasteiger partial charge in [0.2, 0.25) is 0 Å². The van der Waals surface area contributed by atoms with Crippen molar-refractivity contribution in [3.63, 3.8) is 0 Å². The summed E-state index contributed by atoms with van der Waals surface area (Å²) in [6, 6.07) is 0. The van der Waals surface area contributed by atoms with Gasteiger partial charge in [0.1, 0.15) is 0 Å². The molecule has 0 aromatic carbocycles. The van der Waals surface area contributed by atoms with Crippen molar-refractivity contribution in [1.29, 1.82) is 0 Å². The van der Waals surface area contributed by atoms with E-state index in [1.54, 1.807) is 0 Å². The van der Waals surface area contributed by atoms with E-state index in [1.807, 2.05) is 0 Å². The summed E-state index contributed by atoms with van der Waals surface area (Å²) in [4.78, 5) is 0. The summed E-state index contributed by atoms with van der Waals surface area (Å²) in [6.07, 6.45) is 0. The second-order valence-electron chi connectivity index (χ2n) is 0.0833. The van der Waals surface area contributed by atoms with Crippen molar-refractivity contribution in [2.75, 3.05) is 0 Å². The molecule has 0 atom stereocenters. The van der Waals surface area contributed by atoms with Gasteiger partial charge >= 0.3 is 28.1 Å². The van der Waals surface area contributed by atoms with Gasteiger partial charge in [-0.3, -0.25) is 0 Å². The van der Waals surface area contributed by atoms with E-state index in [4.69, 9.17) is 13.0 Å². The number of rotatable bonds is 0. The van der Waals surface area contributed by atoms with Gasteiger partial charge < -0.3 is 0 Å². The molecule has 0 aromatic heterocycles. The maximum atomic E-state index is 8.40. The zero-order valence-corrected chi connectivity index (χ0v) is 3.97. The van der Waals surface area contributed by atoms with Crippen LogP contribution in [0.25, 0.3) is 0 Å². The Morgan fingerprint density at radius 1 is 1.20 bits per heavy atom. The normalized spacial score (nSPS) is 3.60. The number of hydrogen-bond donors (Lipinski definition) is 0. The topological polar surface area (TPSA) is 51.2 Å². The molecule has 5 heteroatoms. The molecule has 0 saturated heterocycles. The van der Waals surface area contributed by atoms with Crippen molar-refractivity contribution < 1.29 is 28.9 Å². The molecule has 0 spiro atoms. The maximum absolute atomic E-state index is 8.40. The molecule has 0 aliphatic heterocycles. The zero-order chi connectivity index (χ0) is 4.71. The van der Waals surface area contributed by atoms with Gasteiger partial charge in [-0.25, -0.2) is 9.13 Å². The SMILES string of the molecule is O=[PH]=O.[O]=[Cu]. The Labute approximate surface area is 38.0 Å². The molecule has 0 saturated carbocycles. The van der Waals surface area contributed by atoms with Crippen molar-refractivity contribution in [1.82, 2.24) is 0 Å². The Bertz CT molecular complexity index is 36.2. The van der Waals surface area contributed by atoms with Crippen LogP contribution < -0.4 is 0 Å². The Hall–Kier alpha value is 0.219. The Kier molecular flexibility index (Phi) is 52.7. The molecular weight excluding hydrogens is 143 g/mol. The summed E-state index contributed by atoms with van der Waals surface area (Å²) in [5.41, 5.74) is 0. The summed E-state index contributed by atoms with van der Waals surface area (Å²) < 4.78 is 24.6. The van der Waals surface area contributed by atoms with Crippen molar-refractivity contribution in [2.45, 2.75) is 0 Å². The monoisotopic (exact) mass is 143 g/mol. The summed E-state index contributed by atoms with van der Waals surface area (Å²) >= 11 is 2.94. The zero-order valence-electron chi connectivity index (χ0n) is 2.03. The molecule has 0 aliphatic rings. The van der Waals surface area contributed by atoms with Crippen LogP contribution in [0.2, 0.25) is 0 Å². The Balaban J connectivity index is 0. The molecule has 35 valence electrons. The quantitative estimate of drug-likeness (QED) is 0.360. The van der Waals surface area contributed by atoms with E-state index in [-0.39, 0.29) is 0 Å². The van der Waals surface area contributed by atoms with Crippen LogP contribution in [-0.2, 0) is 28.9 Å². The fraction of sp³-hybridized carbons (Fsp3) is 0. The Morgan fingerprint density at radius 3 is 1.20 bits per heavy atom. The Morgan fingerprint density at radius 2 is 1.20 bits per heavy atom. The minimum atomic E-state index is -1.42. The summed E-state index contributed by atoms with van der Waals surface area (Å²) in [6.45, 7) is 0. The molecule has 0 rings (SSSR count). The third-order valence-electron chi connectivity index (χ3n) is 0. The molecule has 3 nitrogen and oxygen atoms in total. The van der Waals surface area contributed by atoms with Gasteiger partial charge in [0.25, 0.3) is 0 Å². The molecule has 0 unspecified atom stereocenters. The van der Waals surface area contributed by atoms with E-state index in [9.17, 15) is 0 Å². The summed E-state index contributed by atoms with van der Waals surface area (Å²) in [5, 5.41) is 0. The predicted molar refractivity (Wildman–Crippen MR) is 10.4 cm³/mol. The van der Waals surface area contributed by atoms with Crippen molar-refractivity contribution in [3.8, 4) is 0 Å². The van der Waals surface area contributed by atoms with Crippen molar-refractivity contribution in [3.05, 3.63) is 0 Å². The molecule has 5 heavy (non-hydrogen) atoms. The molecule has 0 heterocycles. The van der Waals surface area contributed by atoms with Gasteiger partial charge in [-0.1, -0.05) is 0 Å². The minimum absolute atomic E-state index is 1.42. The van der Waals surface area contributed by atoms with Gasteiger partial charge in [0.05, 0.1) is 0 Å². The van der Waals surface area contributed by atoms with Crippen LogP contribution in [-0.4, -0.2) is 0 Å². The van der Waals surface area contributed by atoms with Crippen LogP contribution in [0, 0.1) is 0 Å². The molecular formula is HCuO3P. The van der Waals surface area contributed by atoms with Gasteiger partial charge in [-0.15, -0.1) is 0 Å². The van der Waals surface area contributed by atoms with Crippen LogP contribution in [0.3, 0.4) is 0 Å². The van der Waals surface area contributed by atoms with E-state index in [2.05, 4.69) is 15.9 Å². The van der Waals surface area contributed by atoms with Gasteiger partial charge in [0.15, 0.2) is 0 Å². The second kappa shape index (κ2) is 29.4. The number of hydrogen-bond acceptors (Lipinski definition) is 3. The van der Waals surface area contributed by atoms with Gasteiger partial charge in [-0.2, -0.15) is 0 Å². The summed E-state index contributed by atoms with van der Waals surface area (Å²) in [5.74, 6) is 0. The first-order chi connectivity index (χ1) is 2.41. The molecule has 0 amide bonds.